The lowest BCUT2D eigenvalue weighted by molar-refractivity contribution is 0.0961. The molecule has 0 saturated carbocycles. The minimum Gasteiger partial charge on any atom is -0.369 e. The molecule has 9 nitrogen and oxygen atoms in total. The van der Waals surface area contributed by atoms with Crippen molar-refractivity contribution in [2.45, 2.75) is 32.2 Å². The molecule has 9 heteroatoms. The second kappa shape index (κ2) is 10.3. The van der Waals surface area contributed by atoms with Crippen LogP contribution in [0.15, 0.2) is 64.8 Å². The number of pyridine rings is 1. The van der Waals surface area contributed by atoms with Gasteiger partial charge in [-0.05, 0) is 56.1 Å². The van der Waals surface area contributed by atoms with Gasteiger partial charge in [-0.1, -0.05) is 24.6 Å². The Kier molecular flexibility index (Phi) is 6.68. The fourth-order valence-corrected chi connectivity index (χ4v) is 6.09. The molecule has 3 aliphatic rings. The highest BCUT2D eigenvalue weighted by Gasteiger charge is 2.30. The van der Waals surface area contributed by atoms with Crippen LogP contribution in [0.25, 0.3) is 11.0 Å². The number of hydrogen-bond acceptors (Lipinski definition) is 7. The summed E-state index contributed by atoms with van der Waals surface area (Å²) >= 11 is 0. The Morgan fingerprint density at radius 3 is 2.59 bits per heavy atom. The number of likely N-dealkylation sites (N-methyl/N-ethyl adjacent to an activating group) is 1. The molecule has 3 heterocycles. The van der Waals surface area contributed by atoms with E-state index in [1.807, 2.05) is 16.7 Å². The van der Waals surface area contributed by atoms with Crippen LogP contribution in [0, 0.1) is 5.92 Å². The number of hydrogen-bond donors (Lipinski definition) is 2. The molecule has 1 aliphatic heterocycles. The largest absolute Gasteiger partial charge is 0.369 e. The number of piperazine rings is 1. The van der Waals surface area contributed by atoms with Crippen molar-refractivity contribution in [2.75, 3.05) is 50.5 Å². The summed E-state index contributed by atoms with van der Waals surface area (Å²) in [7, 11) is 3.69. The van der Waals surface area contributed by atoms with Gasteiger partial charge in [-0.25, -0.2) is 4.98 Å². The quantitative estimate of drug-likeness (QED) is 0.522. The van der Waals surface area contributed by atoms with Crippen molar-refractivity contribution in [1.29, 1.82) is 0 Å². The highest BCUT2D eigenvalue weighted by molar-refractivity contribution is 5.96. The summed E-state index contributed by atoms with van der Waals surface area (Å²) in [5.41, 5.74) is 5.20. The average molecular weight is 526 g/mol. The number of carbonyl (C=O) groups is 1. The molecule has 1 fully saturated rings. The topological polar surface area (TPSA) is 95.4 Å². The van der Waals surface area contributed by atoms with Crippen molar-refractivity contribution in [3.8, 4) is 0 Å². The summed E-state index contributed by atoms with van der Waals surface area (Å²) in [6, 6.07) is 8.23. The first-order valence-corrected chi connectivity index (χ1v) is 13.8. The molecule has 1 amide bonds. The van der Waals surface area contributed by atoms with Gasteiger partial charge in [-0.3, -0.25) is 9.59 Å². The van der Waals surface area contributed by atoms with E-state index in [0.29, 0.717) is 17.0 Å². The predicted octanol–water partition coefficient (Wildman–Crippen LogP) is 3.87. The van der Waals surface area contributed by atoms with E-state index in [2.05, 4.69) is 63.7 Å². The molecule has 0 spiro atoms. The van der Waals surface area contributed by atoms with Gasteiger partial charge < -0.3 is 25.0 Å². The monoisotopic (exact) mass is 525 g/mol. The summed E-state index contributed by atoms with van der Waals surface area (Å²) in [4.78, 5) is 39.9. The molecule has 2 atom stereocenters. The zero-order chi connectivity index (χ0) is 27.1. The number of carbonyl (C=O) groups excluding carboxylic acids is 1. The van der Waals surface area contributed by atoms with E-state index in [0.717, 1.165) is 44.7 Å². The van der Waals surface area contributed by atoms with Crippen molar-refractivity contribution in [3.05, 3.63) is 75.7 Å². The molecule has 2 aromatic heterocycles. The van der Waals surface area contributed by atoms with Crippen molar-refractivity contribution in [2.24, 2.45) is 5.92 Å². The maximum atomic E-state index is 13.3. The molecule has 2 aliphatic carbocycles. The van der Waals surface area contributed by atoms with E-state index in [1.54, 1.807) is 6.20 Å². The second-order valence-corrected chi connectivity index (χ2v) is 10.8. The Balaban J connectivity index is 1.35. The smallest absolute Gasteiger partial charge is 0.256 e. The van der Waals surface area contributed by atoms with Crippen molar-refractivity contribution in [1.82, 2.24) is 24.8 Å². The summed E-state index contributed by atoms with van der Waals surface area (Å²) in [6.07, 6.45) is 11.0. The molecule has 0 radical (unpaired) electrons. The summed E-state index contributed by atoms with van der Waals surface area (Å²) in [5.74, 6) is 0.236. The zero-order valence-electron chi connectivity index (χ0n) is 22.8. The molecule has 3 aromatic rings. The molecule has 202 valence electrons. The molecule has 2 unspecified atom stereocenters. The Morgan fingerprint density at radius 1 is 1.08 bits per heavy atom. The van der Waals surface area contributed by atoms with E-state index >= 15 is 0 Å². The van der Waals surface area contributed by atoms with E-state index < -0.39 is 5.91 Å². The van der Waals surface area contributed by atoms with Crippen LogP contribution in [-0.2, 0) is 0 Å². The molecule has 2 N–H and O–H groups in total. The normalized spacial score (nSPS) is 21.4. The van der Waals surface area contributed by atoms with Crippen LogP contribution in [0.2, 0.25) is 0 Å². The summed E-state index contributed by atoms with van der Waals surface area (Å²) < 4.78 is 1.98. The molecule has 1 aromatic carbocycles. The van der Waals surface area contributed by atoms with Crippen LogP contribution in [-0.4, -0.2) is 65.6 Å². The van der Waals surface area contributed by atoms with Gasteiger partial charge in [-0.15, -0.1) is 0 Å². The van der Waals surface area contributed by atoms with Gasteiger partial charge in [0.15, 0.2) is 0 Å². The molecule has 0 bridgehead atoms. The SMILES string of the molecule is CNC(=O)c1cn(C2C=CC3=C(CCC3)C2C)c2nc(Nc3ccc(N4CCN(C)CC4)cc3)ncc2c1=O. The van der Waals surface area contributed by atoms with E-state index in [9.17, 15) is 9.59 Å². The molecule has 39 heavy (non-hydrogen) atoms. The number of fused-ring (bicyclic) bond motifs is 1. The van der Waals surface area contributed by atoms with Gasteiger partial charge in [0.1, 0.15) is 11.2 Å². The lowest BCUT2D eigenvalue weighted by Gasteiger charge is -2.34. The van der Waals surface area contributed by atoms with Crippen molar-refractivity contribution in [3.63, 3.8) is 0 Å². The van der Waals surface area contributed by atoms with Crippen LogP contribution in [0.3, 0.4) is 0 Å². The fourth-order valence-electron chi connectivity index (χ4n) is 6.09. The number of nitrogens with one attached hydrogen (secondary N) is 2. The van der Waals surface area contributed by atoms with E-state index in [1.165, 1.54) is 36.5 Å². The third kappa shape index (κ3) is 4.71. The van der Waals surface area contributed by atoms with Gasteiger partial charge in [0, 0.05) is 62.9 Å². The van der Waals surface area contributed by atoms with Crippen LogP contribution >= 0.6 is 0 Å². The molecule has 6 rings (SSSR count). The highest BCUT2D eigenvalue weighted by atomic mass is 16.2. The molecular weight excluding hydrogens is 490 g/mol. The minimum absolute atomic E-state index is 0.0565. The summed E-state index contributed by atoms with van der Waals surface area (Å²) in [6.45, 7) is 6.36. The third-order valence-electron chi connectivity index (χ3n) is 8.42. The number of aromatic nitrogens is 3. The van der Waals surface area contributed by atoms with Gasteiger partial charge in [0.25, 0.3) is 5.91 Å². The van der Waals surface area contributed by atoms with Crippen molar-refractivity contribution >= 4 is 34.3 Å². The standard InChI is InChI=1S/C30H35N7O2/c1-19-23-6-4-5-20(23)7-12-26(19)37-18-25(29(39)31-2)27(38)24-17-32-30(34-28(24)37)33-21-8-10-22(11-9-21)36-15-13-35(3)14-16-36/h7-12,17-19,26H,4-6,13-16H2,1-3H3,(H,31,39)(H,32,33,34). The maximum absolute atomic E-state index is 13.3. The second-order valence-electron chi connectivity index (χ2n) is 10.8. The number of benzene rings is 1. The number of anilines is 3. The molecule has 1 saturated heterocycles. The van der Waals surface area contributed by atoms with Crippen LogP contribution < -0.4 is 21.0 Å². The van der Waals surface area contributed by atoms with Gasteiger partial charge in [-0.2, -0.15) is 4.98 Å². The molecular formula is C30H35N7O2. The fraction of sp³-hybridized carbons (Fsp3) is 0.400. The lowest BCUT2D eigenvalue weighted by atomic mass is 9.85. The average Bonchev–Trinajstić information content (AvgIpc) is 3.44. The first-order valence-electron chi connectivity index (χ1n) is 13.8. The van der Waals surface area contributed by atoms with Gasteiger partial charge in [0.2, 0.25) is 11.4 Å². The van der Waals surface area contributed by atoms with Crippen LogP contribution in [0.1, 0.15) is 42.6 Å². The minimum atomic E-state index is -0.411. The first-order chi connectivity index (χ1) is 18.9. The number of amides is 1. The maximum Gasteiger partial charge on any atom is 0.256 e. The zero-order valence-corrected chi connectivity index (χ0v) is 22.8. The Bertz CT molecular complexity index is 1530. The highest BCUT2D eigenvalue weighted by Crippen LogP contribution is 2.42. The Morgan fingerprint density at radius 2 is 1.85 bits per heavy atom. The number of allylic oxidation sites excluding steroid dienone is 4. The lowest BCUT2D eigenvalue weighted by Crippen LogP contribution is -2.44. The summed E-state index contributed by atoms with van der Waals surface area (Å²) in [5, 5.41) is 6.24. The Labute approximate surface area is 228 Å². The van der Waals surface area contributed by atoms with Gasteiger partial charge >= 0.3 is 0 Å². The first kappa shape index (κ1) is 25.3. The van der Waals surface area contributed by atoms with Crippen LogP contribution in [0.5, 0.6) is 0 Å². The van der Waals surface area contributed by atoms with Crippen molar-refractivity contribution < 1.29 is 4.79 Å². The van der Waals surface area contributed by atoms with Gasteiger partial charge in [0.05, 0.1) is 11.4 Å². The van der Waals surface area contributed by atoms with E-state index in [-0.39, 0.29) is 23.0 Å². The van der Waals surface area contributed by atoms with Crippen LogP contribution in [0.4, 0.5) is 17.3 Å². The van der Waals surface area contributed by atoms with E-state index in [4.69, 9.17) is 4.98 Å². The Hall–Kier alpha value is -3.98. The number of rotatable bonds is 5. The predicted molar refractivity (Wildman–Crippen MR) is 155 cm³/mol. The number of nitrogens with zero attached hydrogens (tertiary/aromatic N) is 5. The third-order valence-corrected chi connectivity index (χ3v) is 8.42.